The van der Waals surface area contributed by atoms with Gasteiger partial charge in [0.2, 0.25) is 0 Å². The average molecular weight is 289 g/mol. The van der Waals surface area contributed by atoms with E-state index >= 15 is 0 Å². The number of carbonyl (C=O) groups excluding carboxylic acids is 1. The van der Waals surface area contributed by atoms with Gasteiger partial charge in [0.15, 0.2) is 0 Å². The van der Waals surface area contributed by atoms with E-state index in [1.54, 1.807) is 24.3 Å². The van der Waals surface area contributed by atoms with Crippen LogP contribution >= 0.6 is 0 Å². The zero-order valence-electron chi connectivity index (χ0n) is 11.9. The molecule has 0 spiro atoms. The standard InChI is InChI=1S/C16H19NO4/c1-3-5-13(6-4-7-16(20)21-2)17-11-12-10-14(18)8-9-15(12)19/h3-6,8-10,17-19H,1,7,11H2,2H3/b6-4-,13-5+. The van der Waals surface area contributed by atoms with Crippen molar-refractivity contribution in [3.8, 4) is 11.5 Å². The lowest BCUT2D eigenvalue weighted by atomic mass is 10.2. The molecule has 0 amide bonds. The summed E-state index contributed by atoms with van der Waals surface area (Å²) in [6.45, 7) is 3.94. The Hall–Kier alpha value is -2.69. The van der Waals surface area contributed by atoms with Gasteiger partial charge in [-0.15, -0.1) is 0 Å². The molecule has 1 aromatic carbocycles. The van der Waals surface area contributed by atoms with E-state index in [9.17, 15) is 15.0 Å². The first kappa shape index (κ1) is 16.4. The predicted molar refractivity (Wildman–Crippen MR) is 80.7 cm³/mol. The third-order valence-corrected chi connectivity index (χ3v) is 2.65. The van der Waals surface area contributed by atoms with Crippen LogP contribution in [0.2, 0.25) is 0 Å². The summed E-state index contributed by atoms with van der Waals surface area (Å²) in [6, 6.07) is 4.32. The van der Waals surface area contributed by atoms with Gasteiger partial charge in [-0.25, -0.2) is 0 Å². The van der Waals surface area contributed by atoms with Crippen molar-refractivity contribution in [2.24, 2.45) is 0 Å². The number of esters is 1. The Labute approximate surface area is 123 Å². The highest BCUT2D eigenvalue weighted by Gasteiger charge is 2.02. The molecule has 0 unspecified atom stereocenters. The van der Waals surface area contributed by atoms with Crippen LogP contribution in [0.4, 0.5) is 0 Å². The number of benzene rings is 1. The molecule has 1 aromatic rings. The van der Waals surface area contributed by atoms with E-state index in [1.165, 1.54) is 25.3 Å². The monoisotopic (exact) mass is 289 g/mol. The maximum atomic E-state index is 11.0. The summed E-state index contributed by atoms with van der Waals surface area (Å²) < 4.78 is 4.54. The van der Waals surface area contributed by atoms with Crippen LogP contribution in [0, 0.1) is 0 Å². The van der Waals surface area contributed by atoms with Crippen LogP contribution in [-0.2, 0) is 16.1 Å². The lowest BCUT2D eigenvalue weighted by Crippen LogP contribution is -2.11. The van der Waals surface area contributed by atoms with Crippen LogP contribution in [-0.4, -0.2) is 23.3 Å². The zero-order chi connectivity index (χ0) is 15.7. The highest BCUT2D eigenvalue weighted by molar-refractivity contribution is 5.71. The molecule has 0 saturated carbocycles. The van der Waals surface area contributed by atoms with Crippen molar-refractivity contribution in [3.63, 3.8) is 0 Å². The van der Waals surface area contributed by atoms with Gasteiger partial charge < -0.3 is 20.3 Å². The molecule has 0 aliphatic rings. The van der Waals surface area contributed by atoms with Gasteiger partial charge >= 0.3 is 5.97 Å². The van der Waals surface area contributed by atoms with Gasteiger partial charge in [-0.3, -0.25) is 4.79 Å². The van der Waals surface area contributed by atoms with E-state index in [0.717, 1.165) is 5.70 Å². The summed E-state index contributed by atoms with van der Waals surface area (Å²) in [6.07, 6.45) is 6.89. The Morgan fingerprint density at radius 1 is 1.43 bits per heavy atom. The fourth-order valence-electron chi connectivity index (χ4n) is 1.58. The minimum absolute atomic E-state index is 0.0834. The van der Waals surface area contributed by atoms with Crippen LogP contribution in [0.1, 0.15) is 12.0 Å². The molecular weight excluding hydrogens is 270 g/mol. The molecule has 0 aliphatic carbocycles. The maximum absolute atomic E-state index is 11.0. The van der Waals surface area contributed by atoms with Gasteiger partial charge in [0.1, 0.15) is 11.5 Å². The first-order chi connectivity index (χ1) is 10.1. The molecule has 0 radical (unpaired) electrons. The second kappa shape index (κ2) is 8.47. The minimum atomic E-state index is -0.324. The smallest absolute Gasteiger partial charge is 0.309 e. The number of allylic oxidation sites excluding steroid dienone is 3. The number of aromatic hydroxyl groups is 2. The Kier molecular flexibility index (Phi) is 6.60. The normalized spacial score (nSPS) is 11.4. The fraction of sp³-hybridized carbons (Fsp3) is 0.188. The largest absolute Gasteiger partial charge is 0.508 e. The first-order valence-corrected chi connectivity index (χ1v) is 6.37. The summed E-state index contributed by atoms with van der Waals surface area (Å²) in [7, 11) is 1.33. The van der Waals surface area contributed by atoms with Crippen molar-refractivity contribution in [2.75, 3.05) is 7.11 Å². The molecule has 5 heteroatoms. The zero-order valence-corrected chi connectivity index (χ0v) is 11.9. The molecule has 0 saturated heterocycles. The Bertz CT molecular complexity index is 561. The number of nitrogens with one attached hydrogen (secondary N) is 1. The molecule has 112 valence electrons. The van der Waals surface area contributed by atoms with E-state index < -0.39 is 0 Å². The third-order valence-electron chi connectivity index (χ3n) is 2.65. The highest BCUT2D eigenvalue weighted by Crippen LogP contribution is 2.22. The van der Waals surface area contributed by atoms with E-state index in [2.05, 4.69) is 16.6 Å². The minimum Gasteiger partial charge on any atom is -0.508 e. The summed E-state index contributed by atoms with van der Waals surface area (Å²) in [5.74, 6) is -0.147. The molecule has 0 aromatic heterocycles. The van der Waals surface area contributed by atoms with Crippen molar-refractivity contribution in [2.45, 2.75) is 13.0 Å². The average Bonchev–Trinajstić information content (AvgIpc) is 2.47. The number of phenols is 2. The van der Waals surface area contributed by atoms with Crippen LogP contribution in [0.15, 0.2) is 54.8 Å². The molecule has 0 heterocycles. The first-order valence-electron chi connectivity index (χ1n) is 6.37. The highest BCUT2D eigenvalue weighted by atomic mass is 16.5. The SMILES string of the molecule is C=C/C=C(\C=C/CC(=O)OC)NCc1cc(O)ccc1O. The molecule has 0 fully saturated rings. The number of phenolic OH excluding ortho intramolecular Hbond substituents is 2. The van der Waals surface area contributed by atoms with E-state index in [0.29, 0.717) is 12.1 Å². The van der Waals surface area contributed by atoms with Crippen molar-refractivity contribution in [1.82, 2.24) is 5.32 Å². The van der Waals surface area contributed by atoms with Gasteiger partial charge in [-0.2, -0.15) is 0 Å². The second-order valence-electron chi connectivity index (χ2n) is 4.21. The number of methoxy groups -OCH3 is 1. The molecule has 21 heavy (non-hydrogen) atoms. The molecule has 1 rings (SSSR count). The van der Waals surface area contributed by atoms with Crippen molar-refractivity contribution < 1.29 is 19.7 Å². The van der Waals surface area contributed by atoms with Crippen LogP contribution in [0.3, 0.4) is 0 Å². The van der Waals surface area contributed by atoms with Gasteiger partial charge in [0.05, 0.1) is 13.5 Å². The number of hydrogen-bond donors (Lipinski definition) is 3. The lowest BCUT2D eigenvalue weighted by Gasteiger charge is -2.09. The topological polar surface area (TPSA) is 78.8 Å². The summed E-state index contributed by atoms with van der Waals surface area (Å²) in [4.78, 5) is 11.0. The second-order valence-corrected chi connectivity index (χ2v) is 4.21. The molecule has 0 atom stereocenters. The third kappa shape index (κ3) is 5.86. The van der Waals surface area contributed by atoms with E-state index in [4.69, 9.17) is 0 Å². The number of carbonyl (C=O) groups is 1. The molecule has 5 nitrogen and oxygen atoms in total. The van der Waals surface area contributed by atoms with Crippen LogP contribution < -0.4 is 5.32 Å². The summed E-state index contributed by atoms with van der Waals surface area (Å²) in [5.41, 5.74) is 1.28. The Morgan fingerprint density at radius 3 is 2.86 bits per heavy atom. The lowest BCUT2D eigenvalue weighted by molar-refractivity contribution is -0.139. The Balaban J connectivity index is 2.67. The van der Waals surface area contributed by atoms with E-state index in [-0.39, 0.29) is 23.9 Å². The molecule has 0 aliphatic heterocycles. The molecule has 0 bridgehead atoms. The number of hydrogen-bond acceptors (Lipinski definition) is 5. The van der Waals surface area contributed by atoms with Crippen molar-refractivity contribution in [1.29, 1.82) is 0 Å². The summed E-state index contributed by atoms with van der Waals surface area (Å²) in [5, 5.41) is 22.2. The van der Waals surface area contributed by atoms with Gasteiger partial charge in [-0.05, 0) is 30.4 Å². The molecule has 3 N–H and O–H groups in total. The number of rotatable bonds is 7. The van der Waals surface area contributed by atoms with Gasteiger partial charge in [0, 0.05) is 17.8 Å². The Morgan fingerprint density at radius 2 is 2.19 bits per heavy atom. The van der Waals surface area contributed by atoms with Crippen LogP contribution in [0.25, 0.3) is 0 Å². The van der Waals surface area contributed by atoms with E-state index in [1.807, 2.05) is 0 Å². The number of ether oxygens (including phenoxy) is 1. The maximum Gasteiger partial charge on any atom is 0.309 e. The molecular formula is C16H19NO4. The quantitative estimate of drug-likeness (QED) is 0.408. The van der Waals surface area contributed by atoms with Crippen molar-refractivity contribution in [3.05, 3.63) is 60.3 Å². The summed E-state index contributed by atoms with van der Waals surface area (Å²) >= 11 is 0. The van der Waals surface area contributed by atoms with Gasteiger partial charge in [-0.1, -0.05) is 18.7 Å². The van der Waals surface area contributed by atoms with Crippen molar-refractivity contribution >= 4 is 5.97 Å². The fourth-order valence-corrected chi connectivity index (χ4v) is 1.58. The predicted octanol–water partition coefficient (Wildman–Crippen LogP) is 2.38. The van der Waals surface area contributed by atoms with Crippen LogP contribution in [0.5, 0.6) is 11.5 Å². The van der Waals surface area contributed by atoms with Gasteiger partial charge in [0.25, 0.3) is 0 Å².